The first-order chi connectivity index (χ1) is 19.3. The van der Waals surface area contributed by atoms with E-state index in [-0.39, 0.29) is 27.5 Å². The second-order valence-electron chi connectivity index (χ2n) is 8.68. The van der Waals surface area contributed by atoms with Crippen LogP contribution in [0.25, 0.3) is 0 Å². The van der Waals surface area contributed by atoms with Crippen LogP contribution in [0.4, 0.5) is 17.1 Å². The molecule has 4 aromatic carbocycles. The van der Waals surface area contributed by atoms with Gasteiger partial charge in [0.05, 0.1) is 26.8 Å². The van der Waals surface area contributed by atoms with Crippen molar-refractivity contribution >= 4 is 38.9 Å². The van der Waals surface area contributed by atoms with Gasteiger partial charge in [-0.1, -0.05) is 60.7 Å². The van der Waals surface area contributed by atoms with Gasteiger partial charge in [-0.2, -0.15) is 0 Å². The molecule has 0 radical (unpaired) electrons. The number of anilines is 2. The molecule has 0 bridgehead atoms. The minimum absolute atomic E-state index is 0.0562. The summed E-state index contributed by atoms with van der Waals surface area (Å²) in [4.78, 5) is 36.5. The molecule has 204 valence electrons. The molecule has 0 heterocycles. The molecule has 0 aromatic heterocycles. The number of rotatable bonds is 11. The Labute approximate surface area is 231 Å². The molecule has 10 nitrogen and oxygen atoms in total. The van der Waals surface area contributed by atoms with E-state index in [1.54, 1.807) is 42.5 Å². The van der Waals surface area contributed by atoms with Crippen molar-refractivity contribution in [3.8, 4) is 0 Å². The van der Waals surface area contributed by atoms with Gasteiger partial charge in [-0.25, -0.2) is 8.42 Å². The summed E-state index contributed by atoms with van der Waals surface area (Å²) in [5, 5.41) is 16.6. The maximum atomic E-state index is 13.5. The molecule has 0 saturated heterocycles. The second kappa shape index (κ2) is 12.7. The molecule has 11 heteroatoms. The van der Waals surface area contributed by atoms with Gasteiger partial charge < -0.3 is 10.6 Å². The van der Waals surface area contributed by atoms with Crippen molar-refractivity contribution in [2.24, 2.45) is 0 Å². The number of nitrogens with zero attached hydrogens (tertiary/aromatic N) is 2. The monoisotopic (exact) mass is 558 g/mol. The molecule has 0 aliphatic heterocycles. The maximum absolute atomic E-state index is 13.5. The maximum Gasteiger partial charge on any atom is 0.269 e. The van der Waals surface area contributed by atoms with Crippen molar-refractivity contribution in [1.29, 1.82) is 0 Å². The van der Waals surface area contributed by atoms with Crippen LogP contribution in [0.1, 0.15) is 15.9 Å². The average molecular weight is 559 g/mol. The van der Waals surface area contributed by atoms with Gasteiger partial charge in [-0.05, 0) is 48.4 Å². The van der Waals surface area contributed by atoms with Gasteiger partial charge in [0.25, 0.3) is 21.6 Å². The van der Waals surface area contributed by atoms with Gasteiger partial charge in [0.15, 0.2) is 0 Å². The molecule has 0 aliphatic carbocycles. The van der Waals surface area contributed by atoms with Crippen molar-refractivity contribution in [3.63, 3.8) is 0 Å². The highest BCUT2D eigenvalue weighted by Gasteiger charge is 2.28. The number of nitrogens with one attached hydrogen (secondary N) is 2. The highest BCUT2D eigenvalue weighted by atomic mass is 32.2. The summed E-state index contributed by atoms with van der Waals surface area (Å²) >= 11 is 0. The van der Waals surface area contributed by atoms with Crippen LogP contribution in [0.5, 0.6) is 0 Å². The van der Waals surface area contributed by atoms with Crippen molar-refractivity contribution in [2.75, 3.05) is 22.7 Å². The van der Waals surface area contributed by atoms with Gasteiger partial charge in [0.1, 0.15) is 6.54 Å². The SMILES string of the molecule is O=C(CN(c1ccc([N+](=O)[O-])cc1)S(=O)(=O)c1ccccc1)Nc1ccccc1C(=O)NCCc1ccccc1. The van der Waals surface area contributed by atoms with Crippen LogP contribution in [-0.4, -0.2) is 38.2 Å². The molecule has 4 rings (SSSR count). The summed E-state index contributed by atoms with van der Waals surface area (Å²) in [6, 6.07) is 28.5. The molecule has 2 amide bonds. The predicted octanol–water partition coefficient (Wildman–Crippen LogP) is 4.40. The van der Waals surface area contributed by atoms with Crippen LogP contribution < -0.4 is 14.9 Å². The van der Waals surface area contributed by atoms with E-state index in [1.807, 2.05) is 30.3 Å². The molecule has 0 spiro atoms. The smallest absolute Gasteiger partial charge is 0.269 e. The number of non-ortho nitro benzene ring substituents is 1. The third-order valence-electron chi connectivity index (χ3n) is 5.95. The Morgan fingerprint density at radius 3 is 2.05 bits per heavy atom. The highest BCUT2D eigenvalue weighted by molar-refractivity contribution is 7.92. The Bertz CT molecular complexity index is 1590. The molecule has 0 fully saturated rings. The summed E-state index contributed by atoms with van der Waals surface area (Å²) in [5.41, 5.74) is 1.34. The largest absolute Gasteiger partial charge is 0.352 e. The Hall–Kier alpha value is -5.03. The molecular formula is C29H26N4O6S. The fraction of sp³-hybridized carbons (Fsp3) is 0.103. The number of benzene rings is 4. The number of sulfonamides is 1. The standard InChI is InChI=1S/C29H26N4O6S/c34-28(31-27-14-8-7-13-26(27)29(35)30-20-19-22-9-3-1-4-10-22)21-32(23-15-17-24(18-16-23)33(36)37)40(38,39)25-11-5-2-6-12-25/h1-18H,19-21H2,(H,30,35)(H,31,34). The fourth-order valence-electron chi connectivity index (χ4n) is 3.95. The first-order valence-electron chi connectivity index (χ1n) is 12.3. The van der Waals surface area contributed by atoms with Gasteiger partial charge in [0.2, 0.25) is 5.91 Å². The number of hydrogen-bond acceptors (Lipinski definition) is 6. The number of carbonyl (C=O) groups is 2. The number of nitro benzene ring substituents is 1. The van der Waals surface area contributed by atoms with E-state index in [4.69, 9.17) is 0 Å². The van der Waals surface area contributed by atoms with E-state index in [0.717, 1.165) is 22.0 Å². The van der Waals surface area contributed by atoms with Crippen LogP contribution in [-0.2, 0) is 21.2 Å². The van der Waals surface area contributed by atoms with Crippen LogP contribution >= 0.6 is 0 Å². The summed E-state index contributed by atoms with van der Waals surface area (Å²) in [6.07, 6.45) is 0.628. The van der Waals surface area contributed by atoms with Crippen molar-refractivity contribution < 1.29 is 22.9 Å². The predicted molar refractivity (Wildman–Crippen MR) is 152 cm³/mol. The first-order valence-corrected chi connectivity index (χ1v) is 13.7. The molecule has 40 heavy (non-hydrogen) atoms. The molecule has 4 aromatic rings. The minimum atomic E-state index is -4.22. The summed E-state index contributed by atoms with van der Waals surface area (Å²) < 4.78 is 27.9. The lowest BCUT2D eigenvalue weighted by atomic mass is 10.1. The molecule has 0 saturated carbocycles. The number of carbonyl (C=O) groups excluding carboxylic acids is 2. The van der Waals surface area contributed by atoms with Gasteiger partial charge in [-0.15, -0.1) is 0 Å². The summed E-state index contributed by atoms with van der Waals surface area (Å²) in [7, 11) is -4.22. The van der Waals surface area contributed by atoms with Gasteiger partial charge >= 0.3 is 0 Å². The molecule has 0 unspecified atom stereocenters. The van der Waals surface area contributed by atoms with E-state index in [1.165, 1.54) is 24.3 Å². The molecule has 0 atom stereocenters. The van der Waals surface area contributed by atoms with Gasteiger partial charge in [-0.3, -0.25) is 24.0 Å². The third-order valence-corrected chi connectivity index (χ3v) is 7.74. The Kier molecular flexibility index (Phi) is 8.87. The Morgan fingerprint density at radius 1 is 0.800 bits per heavy atom. The number of para-hydroxylation sites is 1. The van der Waals surface area contributed by atoms with E-state index in [2.05, 4.69) is 10.6 Å². The number of nitro groups is 1. The van der Waals surface area contributed by atoms with Crippen LogP contribution in [0.2, 0.25) is 0 Å². The zero-order chi connectivity index (χ0) is 28.5. The minimum Gasteiger partial charge on any atom is -0.352 e. The van der Waals surface area contributed by atoms with Crippen molar-refractivity contribution in [2.45, 2.75) is 11.3 Å². The van der Waals surface area contributed by atoms with E-state index >= 15 is 0 Å². The lowest BCUT2D eigenvalue weighted by Crippen LogP contribution is -2.38. The van der Waals surface area contributed by atoms with Crippen LogP contribution in [0, 0.1) is 10.1 Å². The molecule has 0 aliphatic rings. The quantitative estimate of drug-likeness (QED) is 0.207. The fourth-order valence-corrected chi connectivity index (χ4v) is 5.39. The topological polar surface area (TPSA) is 139 Å². The zero-order valence-electron chi connectivity index (χ0n) is 21.3. The summed E-state index contributed by atoms with van der Waals surface area (Å²) in [6.45, 7) is -0.257. The first kappa shape index (κ1) is 28.0. The second-order valence-corrected chi connectivity index (χ2v) is 10.5. The lowest BCUT2D eigenvalue weighted by molar-refractivity contribution is -0.384. The van der Waals surface area contributed by atoms with Crippen LogP contribution in [0.15, 0.2) is 114 Å². The normalized spacial score (nSPS) is 10.9. The third kappa shape index (κ3) is 6.88. The summed E-state index contributed by atoms with van der Waals surface area (Å²) in [5.74, 6) is -1.10. The average Bonchev–Trinajstić information content (AvgIpc) is 2.97. The lowest BCUT2D eigenvalue weighted by Gasteiger charge is -2.24. The zero-order valence-corrected chi connectivity index (χ0v) is 22.1. The van der Waals surface area contributed by atoms with Gasteiger partial charge in [0, 0.05) is 18.7 Å². The molecule has 2 N–H and O–H groups in total. The van der Waals surface area contributed by atoms with E-state index in [0.29, 0.717) is 13.0 Å². The Morgan fingerprint density at radius 2 is 1.40 bits per heavy atom. The number of hydrogen-bond donors (Lipinski definition) is 2. The van der Waals surface area contributed by atoms with Crippen LogP contribution in [0.3, 0.4) is 0 Å². The van der Waals surface area contributed by atoms with E-state index in [9.17, 15) is 28.1 Å². The Balaban J connectivity index is 1.53. The van der Waals surface area contributed by atoms with Crippen molar-refractivity contribution in [3.05, 3.63) is 130 Å². The number of amides is 2. The highest BCUT2D eigenvalue weighted by Crippen LogP contribution is 2.26. The van der Waals surface area contributed by atoms with E-state index < -0.39 is 33.3 Å². The molecular weight excluding hydrogens is 532 g/mol. The van der Waals surface area contributed by atoms with Crippen molar-refractivity contribution in [1.82, 2.24) is 5.32 Å².